The normalized spacial score (nSPS) is 9.36. The Bertz CT molecular complexity index is 739. The van der Waals surface area contributed by atoms with Crippen LogP contribution in [-0.4, -0.2) is 27.2 Å². The fourth-order valence-electron chi connectivity index (χ4n) is 2.89. The average Bonchev–Trinajstić information content (AvgIpc) is 2.81. The number of hydrogen-bond acceptors (Lipinski definition) is 2. The second-order valence-corrected chi connectivity index (χ2v) is 5.90. The van der Waals surface area contributed by atoms with E-state index in [0.717, 1.165) is 13.1 Å². The van der Waals surface area contributed by atoms with Crippen molar-refractivity contribution in [2.75, 3.05) is 37.0 Å². The second-order valence-electron chi connectivity index (χ2n) is 5.90. The van der Waals surface area contributed by atoms with Crippen molar-refractivity contribution in [3.63, 3.8) is 0 Å². The Labute approximate surface area is 174 Å². The van der Waals surface area contributed by atoms with E-state index >= 15 is 0 Å². The minimum atomic E-state index is 1.02. The van der Waals surface area contributed by atoms with Crippen LogP contribution in [0.1, 0.15) is 55.4 Å². The minimum Gasteiger partial charge on any atom is -0.375 e. The zero-order valence-corrected chi connectivity index (χ0v) is 19.9. The van der Waals surface area contributed by atoms with Gasteiger partial charge in [-0.25, -0.2) is 0 Å². The Morgan fingerprint density at radius 3 is 1.14 bits per heavy atom. The lowest BCUT2D eigenvalue weighted by Gasteiger charge is -2.19. The fraction of sp³-hybridized carbons (Fsp3) is 0.462. The van der Waals surface area contributed by atoms with E-state index in [0.29, 0.717) is 0 Å². The molecule has 0 fully saturated rings. The third-order valence-corrected chi connectivity index (χ3v) is 4.63. The van der Waals surface area contributed by atoms with E-state index in [1.165, 1.54) is 32.9 Å². The number of hydrogen-bond donors (Lipinski definition) is 0. The van der Waals surface area contributed by atoms with Crippen LogP contribution < -0.4 is 9.80 Å². The first-order valence-corrected chi connectivity index (χ1v) is 11.0. The highest BCUT2D eigenvalue weighted by Gasteiger charge is 2.06. The van der Waals surface area contributed by atoms with E-state index in [4.69, 9.17) is 0 Å². The first kappa shape index (κ1) is 25.8. The Balaban J connectivity index is 0.00000111. The van der Waals surface area contributed by atoms with Crippen LogP contribution >= 0.6 is 0 Å². The van der Waals surface area contributed by atoms with E-state index in [9.17, 15) is 0 Å². The summed E-state index contributed by atoms with van der Waals surface area (Å²) in [4.78, 5) is 4.53. The third-order valence-electron chi connectivity index (χ3n) is 4.63. The largest absolute Gasteiger partial charge is 0.375 e. The highest BCUT2D eigenvalue weighted by molar-refractivity contribution is 6.09. The molecule has 0 spiro atoms. The molecule has 3 rings (SSSR count). The summed E-state index contributed by atoms with van der Waals surface area (Å²) in [6, 6.07) is 18.0. The highest BCUT2D eigenvalue weighted by Crippen LogP contribution is 2.30. The van der Waals surface area contributed by atoms with Crippen LogP contribution in [0.3, 0.4) is 0 Å². The summed E-state index contributed by atoms with van der Waals surface area (Å²) >= 11 is 0. The SMILES string of the molecule is CC.CC.CC.CCN(C)c1ccc2c(ccc3cc(N(C)CC)ccc32)c1. The van der Waals surface area contributed by atoms with Crippen molar-refractivity contribution in [1.82, 2.24) is 0 Å². The van der Waals surface area contributed by atoms with Crippen molar-refractivity contribution in [2.45, 2.75) is 55.4 Å². The first-order valence-electron chi connectivity index (χ1n) is 11.0. The minimum absolute atomic E-state index is 1.02. The lowest BCUT2D eigenvalue weighted by molar-refractivity contribution is 0.969. The van der Waals surface area contributed by atoms with Gasteiger partial charge in [-0.1, -0.05) is 65.8 Å². The summed E-state index contributed by atoms with van der Waals surface area (Å²) in [5, 5.41) is 5.27. The quantitative estimate of drug-likeness (QED) is 0.422. The summed E-state index contributed by atoms with van der Waals surface area (Å²) in [7, 11) is 4.27. The molecule has 28 heavy (non-hydrogen) atoms. The van der Waals surface area contributed by atoms with Gasteiger partial charge < -0.3 is 9.80 Å². The van der Waals surface area contributed by atoms with Gasteiger partial charge in [0.15, 0.2) is 0 Å². The summed E-state index contributed by atoms with van der Waals surface area (Å²) < 4.78 is 0. The molecule has 3 aromatic rings. The lowest BCUT2D eigenvalue weighted by Crippen LogP contribution is -2.15. The van der Waals surface area contributed by atoms with Crippen LogP contribution in [0.25, 0.3) is 21.5 Å². The van der Waals surface area contributed by atoms with Crippen molar-refractivity contribution < 1.29 is 0 Å². The van der Waals surface area contributed by atoms with Crippen LogP contribution in [0.5, 0.6) is 0 Å². The lowest BCUT2D eigenvalue weighted by atomic mass is 10.0. The first-order chi connectivity index (χ1) is 13.6. The Hall–Kier alpha value is -2.22. The number of benzene rings is 3. The maximum absolute atomic E-state index is 2.28. The highest BCUT2D eigenvalue weighted by atomic mass is 15.1. The summed E-state index contributed by atoms with van der Waals surface area (Å²) in [6.45, 7) is 18.4. The van der Waals surface area contributed by atoms with Crippen molar-refractivity contribution in [3.05, 3.63) is 48.5 Å². The summed E-state index contributed by atoms with van der Waals surface area (Å²) in [5.41, 5.74) is 2.55. The van der Waals surface area contributed by atoms with Gasteiger partial charge in [-0.3, -0.25) is 0 Å². The Morgan fingerprint density at radius 2 is 0.857 bits per heavy atom. The molecule has 0 bridgehead atoms. The molecular weight excluding hydrogens is 340 g/mol. The number of rotatable bonds is 4. The number of anilines is 2. The molecule has 0 aliphatic carbocycles. The van der Waals surface area contributed by atoms with Gasteiger partial charge in [-0.2, -0.15) is 0 Å². The van der Waals surface area contributed by atoms with Gasteiger partial charge in [0, 0.05) is 38.6 Å². The molecular formula is C26H42N2. The van der Waals surface area contributed by atoms with E-state index in [-0.39, 0.29) is 0 Å². The number of fused-ring (bicyclic) bond motifs is 3. The Morgan fingerprint density at radius 1 is 0.536 bits per heavy atom. The molecule has 0 aromatic heterocycles. The van der Waals surface area contributed by atoms with Gasteiger partial charge in [0.2, 0.25) is 0 Å². The second kappa shape index (κ2) is 13.9. The topological polar surface area (TPSA) is 6.48 Å². The molecule has 2 nitrogen and oxygen atoms in total. The predicted molar refractivity (Wildman–Crippen MR) is 133 cm³/mol. The molecule has 0 saturated carbocycles. The maximum Gasteiger partial charge on any atom is 0.0369 e. The van der Waals surface area contributed by atoms with Gasteiger partial charge in [-0.15, -0.1) is 0 Å². The zero-order valence-electron chi connectivity index (χ0n) is 19.9. The Kier molecular flexibility index (Phi) is 12.8. The molecule has 2 heteroatoms. The van der Waals surface area contributed by atoms with Crippen molar-refractivity contribution >= 4 is 32.9 Å². The standard InChI is InChI=1S/C20H24N2.3C2H6/c1-5-21(3)17-9-11-19-15(13-17)7-8-16-14-18(22(4)6-2)10-12-20(16)19;3*1-2/h7-14H,5-6H2,1-4H3;3*1-2H3. The van der Waals surface area contributed by atoms with Gasteiger partial charge in [-0.05, 0) is 59.7 Å². The molecule has 0 N–H and O–H groups in total. The smallest absolute Gasteiger partial charge is 0.0369 e. The maximum atomic E-state index is 2.28. The van der Waals surface area contributed by atoms with Gasteiger partial charge in [0.1, 0.15) is 0 Å². The van der Waals surface area contributed by atoms with E-state index in [1.54, 1.807) is 0 Å². The van der Waals surface area contributed by atoms with Crippen molar-refractivity contribution in [1.29, 1.82) is 0 Å². The summed E-state index contributed by atoms with van der Waals surface area (Å²) in [5.74, 6) is 0. The molecule has 0 saturated heterocycles. The molecule has 0 amide bonds. The molecule has 0 aliphatic heterocycles. The van der Waals surface area contributed by atoms with E-state index < -0.39 is 0 Å². The van der Waals surface area contributed by atoms with Gasteiger partial charge in [0.25, 0.3) is 0 Å². The van der Waals surface area contributed by atoms with Crippen LogP contribution in [0.15, 0.2) is 48.5 Å². The molecule has 0 unspecified atom stereocenters. The fourth-order valence-corrected chi connectivity index (χ4v) is 2.89. The monoisotopic (exact) mass is 382 g/mol. The van der Waals surface area contributed by atoms with Crippen LogP contribution in [-0.2, 0) is 0 Å². The molecule has 0 atom stereocenters. The third kappa shape index (κ3) is 6.15. The van der Waals surface area contributed by atoms with Crippen molar-refractivity contribution in [2.24, 2.45) is 0 Å². The zero-order chi connectivity index (χ0) is 21.7. The molecule has 0 heterocycles. The molecule has 156 valence electrons. The molecule has 0 aliphatic rings. The summed E-state index contributed by atoms with van der Waals surface area (Å²) in [6.07, 6.45) is 0. The van der Waals surface area contributed by atoms with E-state index in [2.05, 4.69) is 86.3 Å². The van der Waals surface area contributed by atoms with Crippen LogP contribution in [0.2, 0.25) is 0 Å². The van der Waals surface area contributed by atoms with Crippen molar-refractivity contribution in [3.8, 4) is 0 Å². The van der Waals surface area contributed by atoms with Gasteiger partial charge >= 0.3 is 0 Å². The molecule has 3 aromatic carbocycles. The predicted octanol–water partition coefficient (Wildman–Crippen LogP) is 7.98. The van der Waals surface area contributed by atoms with Crippen LogP contribution in [0, 0.1) is 0 Å². The van der Waals surface area contributed by atoms with E-state index in [1.807, 2.05) is 41.5 Å². The van der Waals surface area contributed by atoms with Gasteiger partial charge in [0.05, 0.1) is 0 Å². The van der Waals surface area contributed by atoms with Crippen LogP contribution in [0.4, 0.5) is 11.4 Å². The average molecular weight is 383 g/mol. The molecule has 0 radical (unpaired) electrons. The number of nitrogens with zero attached hydrogens (tertiary/aromatic N) is 2.